The van der Waals surface area contributed by atoms with Crippen LogP contribution in [-0.2, 0) is 17.7 Å². The zero-order valence-corrected chi connectivity index (χ0v) is 23.1. The summed E-state index contributed by atoms with van der Waals surface area (Å²) in [4.78, 5) is 15.2. The number of amides is 1. The normalized spacial score (nSPS) is 25.9. The van der Waals surface area contributed by atoms with Crippen LogP contribution in [0.5, 0.6) is 5.75 Å². The second-order valence-corrected chi connectivity index (χ2v) is 12.2. The van der Waals surface area contributed by atoms with Crippen LogP contribution in [-0.4, -0.2) is 42.0 Å². The zero-order valence-electron chi connectivity index (χ0n) is 23.1. The van der Waals surface area contributed by atoms with E-state index in [-0.39, 0.29) is 23.8 Å². The van der Waals surface area contributed by atoms with E-state index >= 15 is 0 Å². The molecule has 1 heterocycles. The van der Waals surface area contributed by atoms with Gasteiger partial charge in [0.15, 0.2) is 0 Å². The zero-order chi connectivity index (χ0) is 26.2. The molecule has 0 radical (unpaired) electrons. The third kappa shape index (κ3) is 5.51. The lowest BCUT2D eigenvalue weighted by molar-refractivity contribution is -0.141. The largest absolute Gasteiger partial charge is 0.497 e. The van der Waals surface area contributed by atoms with E-state index < -0.39 is 5.60 Å². The van der Waals surface area contributed by atoms with Gasteiger partial charge in [0.2, 0.25) is 0 Å². The summed E-state index contributed by atoms with van der Waals surface area (Å²) in [6.45, 7) is 9.63. The first-order valence-corrected chi connectivity index (χ1v) is 14.0. The van der Waals surface area contributed by atoms with E-state index in [4.69, 9.17) is 9.47 Å². The van der Waals surface area contributed by atoms with E-state index in [1.165, 1.54) is 29.5 Å². The summed E-state index contributed by atoms with van der Waals surface area (Å²) in [6, 6.07) is 15.3. The SMILES string of the molecule is CCCCN[C@H]1Cc2cc(OC)ccc2[C@H](c2ccc(CN(C(=O)OC(C)(C)C)C34CC(C3)C4)cc2)N1. The first-order chi connectivity index (χ1) is 17.7. The lowest BCUT2D eigenvalue weighted by Crippen LogP contribution is -2.69. The minimum absolute atomic E-state index is 0.00593. The standard InChI is InChI=1S/C31H43N3O3/c1-6-7-14-32-27-16-24-15-25(36-5)12-13-26(24)28(33-27)23-10-8-21(9-11-23)20-34(29(35)37-30(2,3)4)31-17-22(18-31)19-31/h8-13,15,22,27-28,32-33H,6-7,14,16-20H2,1-5H3/t22?,27-,28+,31?/m1/s1. The van der Waals surface area contributed by atoms with Gasteiger partial charge in [-0.2, -0.15) is 0 Å². The van der Waals surface area contributed by atoms with E-state index in [1.807, 2.05) is 25.7 Å². The van der Waals surface area contributed by atoms with Gasteiger partial charge in [0, 0.05) is 18.5 Å². The highest BCUT2D eigenvalue weighted by atomic mass is 16.6. The van der Waals surface area contributed by atoms with Gasteiger partial charge < -0.3 is 14.8 Å². The number of nitrogens with zero attached hydrogens (tertiary/aromatic N) is 1. The topological polar surface area (TPSA) is 62.8 Å². The fourth-order valence-corrected chi connectivity index (χ4v) is 6.10. The van der Waals surface area contributed by atoms with Gasteiger partial charge in [-0.25, -0.2) is 4.79 Å². The number of fused-ring (bicyclic) bond motifs is 1. The molecule has 4 aliphatic rings. The van der Waals surface area contributed by atoms with Crippen molar-refractivity contribution in [1.82, 2.24) is 15.5 Å². The maximum absolute atomic E-state index is 13.2. The van der Waals surface area contributed by atoms with Crippen LogP contribution < -0.4 is 15.4 Å². The summed E-state index contributed by atoms with van der Waals surface area (Å²) in [5.41, 5.74) is 4.50. The van der Waals surface area contributed by atoms with Crippen LogP contribution in [0.4, 0.5) is 4.79 Å². The Kier molecular flexibility index (Phi) is 7.25. The highest BCUT2D eigenvalue weighted by molar-refractivity contribution is 5.70. The minimum Gasteiger partial charge on any atom is -0.497 e. The van der Waals surface area contributed by atoms with Crippen LogP contribution in [0.25, 0.3) is 0 Å². The van der Waals surface area contributed by atoms with Crippen molar-refractivity contribution >= 4 is 6.09 Å². The van der Waals surface area contributed by atoms with Crippen molar-refractivity contribution in [1.29, 1.82) is 0 Å². The molecule has 0 unspecified atom stereocenters. The number of hydrogen-bond donors (Lipinski definition) is 2. The molecular weight excluding hydrogens is 462 g/mol. The quantitative estimate of drug-likeness (QED) is 0.413. The second-order valence-electron chi connectivity index (χ2n) is 12.2. The summed E-state index contributed by atoms with van der Waals surface area (Å²) in [6.07, 6.45) is 6.64. The van der Waals surface area contributed by atoms with Crippen LogP contribution in [0.2, 0.25) is 0 Å². The van der Waals surface area contributed by atoms with Gasteiger partial charge in [0.05, 0.1) is 19.3 Å². The lowest BCUT2D eigenvalue weighted by atomic mass is 9.49. The van der Waals surface area contributed by atoms with Gasteiger partial charge in [-0.15, -0.1) is 0 Å². The van der Waals surface area contributed by atoms with Crippen molar-refractivity contribution < 1.29 is 14.3 Å². The Hall–Kier alpha value is -2.57. The Bertz CT molecular complexity index is 1090. The van der Waals surface area contributed by atoms with Gasteiger partial charge >= 0.3 is 6.09 Å². The summed E-state index contributed by atoms with van der Waals surface area (Å²) >= 11 is 0. The fraction of sp³-hybridized carbons (Fsp3) is 0.581. The Morgan fingerprint density at radius 3 is 2.46 bits per heavy atom. The van der Waals surface area contributed by atoms with E-state index in [1.54, 1.807) is 7.11 Å². The van der Waals surface area contributed by atoms with Crippen molar-refractivity contribution in [3.05, 3.63) is 64.7 Å². The molecule has 3 saturated carbocycles. The van der Waals surface area contributed by atoms with Crippen molar-refractivity contribution in [3.8, 4) is 5.75 Å². The monoisotopic (exact) mass is 505 g/mol. The van der Waals surface area contributed by atoms with Crippen LogP contribution in [0.3, 0.4) is 0 Å². The molecule has 2 aromatic carbocycles. The molecular formula is C31H43N3O3. The summed E-state index contributed by atoms with van der Waals surface area (Å²) in [7, 11) is 1.73. The average Bonchev–Trinajstić information content (AvgIpc) is 2.80. The highest BCUT2D eigenvalue weighted by Gasteiger charge is 2.61. The molecule has 0 spiro atoms. The number of benzene rings is 2. The molecule has 2 N–H and O–H groups in total. The molecule has 2 bridgehead atoms. The molecule has 6 rings (SSSR count). The molecule has 2 aromatic rings. The fourth-order valence-electron chi connectivity index (χ4n) is 6.10. The van der Waals surface area contributed by atoms with Crippen LogP contribution in [0, 0.1) is 5.92 Å². The smallest absolute Gasteiger partial charge is 0.411 e. The van der Waals surface area contributed by atoms with E-state index in [0.29, 0.717) is 6.54 Å². The third-order valence-electron chi connectivity index (χ3n) is 8.22. The minimum atomic E-state index is -0.493. The number of methoxy groups -OCH3 is 1. The van der Waals surface area contributed by atoms with Gasteiger partial charge in [0.1, 0.15) is 11.4 Å². The van der Waals surface area contributed by atoms with E-state index in [0.717, 1.165) is 49.5 Å². The Labute approximate surface area is 222 Å². The van der Waals surface area contributed by atoms with Crippen molar-refractivity contribution in [3.63, 3.8) is 0 Å². The van der Waals surface area contributed by atoms with Gasteiger partial charge in [-0.05, 0) is 93.3 Å². The molecule has 2 atom stereocenters. The Balaban J connectivity index is 1.35. The van der Waals surface area contributed by atoms with Crippen molar-refractivity contribution in [2.45, 2.75) is 96.1 Å². The molecule has 200 valence electrons. The predicted octanol–water partition coefficient (Wildman–Crippen LogP) is 5.94. The maximum Gasteiger partial charge on any atom is 0.411 e. The second kappa shape index (κ2) is 10.3. The van der Waals surface area contributed by atoms with Crippen LogP contribution >= 0.6 is 0 Å². The molecule has 37 heavy (non-hydrogen) atoms. The lowest BCUT2D eigenvalue weighted by Gasteiger charge is -2.65. The van der Waals surface area contributed by atoms with Crippen molar-refractivity contribution in [2.75, 3.05) is 13.7 Å². The predicted molar refractivity (Wildman–Crippen MR) is 147 cm³/mol. The first-order valence-electron chi connectivity index (χ1n) is 14.0. The molecule has 3 fully saturated rings. The molecule has 3 aliphatic carbocycles. The summed E-state index contributed by atoms with van der Waals surface area (Å²) in [5, 5.41) is 7.53. The average molecular weight is 506 g/mol. The molecule has 0 saturated heterocycles. The molecule has 0 aromatic heterocycles. The number of carbonyl (C=O) groups is 1. The number of ether oxygens (including phenoxy) is 2. The van der Waals surface area contributed by atoms with Crippen LogP contribution in [0.15, 0.2) is 42.5 Å². The summed E-state index contributed by atoms with van der Waals surface area (Å²) < 4.78 is 11.3. The number of rotatable bonds is 9. The Morgan fingerprint density at radius 1 is 1.14 bits per heavy atom. The van der Waals surface area contributed by atoms with E-state index in [9.17, 15) is 4.79 Å². The van der Waals surface area contributed by atoms with E-state index in [2.05, 4.69) is 60.0 Å². The van der Waals surface area contributed by atoms with Crippen molar-refractivity contribution in [2.24, 2.45) is 5.92 Å². The third-order valence-corrected chi connectivity index (χ3v) is 8.22. The van der Waals surface area contributed by atoms with Gasteiger partial charge in [-0.3, -0.25) is 10.2 Å². The van der Waals surface area contributed by atoms with Gasteiger partial charge in [0.25, 0.3) is 0 Å². The number of carbonyl (C=O) groups excluding carboxylic acids is 1. The number of unbranched alkanes of at least 4 members (excludes halogenated alkanes) is 1. The first kappa shape index (κ1) is 26.1. The number of hydrogen-bond acceptors (Lipinski definition) is 5. The summed E-state index contributed by atoms with van der Waals surface area (Å²) in [5.74, 6) is 1.69. The Morgan fingerprint density at radius 2 is 1.86 bits per heavy atom. The molecule has 1 aliphatic heterocycles. The molecule has 6 nitrogen and oxygen atoms in total. The maximum atomic E-state index is 13.2. The van der Waals surface area contributed by atoms with Crippen LogP contribution in [0.1, 0.15) is 88.1 Å². The highest BCUT2D eigenvalue weighted by Crippen LogP contribution is 2.61. The number of nitrogens with one attached hydrogen (secondary N) is 2. The van der Waals surface area contributed by atoms with Gasteiger partial charge in [-0.1, -0.05) is 43.7 Å². The molecule has 1 amide bonds. The molecule has 6 heteroatoms.